The molecule has 26 heavy (non-hydrogen) atoms. The van der Waals surface area contributed by atoms with Gasteiger partial charge in [-0.3, -0.25) is 9.20 Å². The minimum absolute atomic E-state index is 0.0122. The molecule has 0 aromatic carbocycles. The van der Waals surface area contributed by atoms with Crippen LogP contribution >= 0.6 is 23.4 Å². The van der Waals surface area contributed by atoms with Gasteiger partial charge >= 0.3 is 6.18 Å². The molecule has 1 aliphatic heterocycles. The van der Waals surface area contributed by atoms with E-state index < -0.39 is 17.0 Å². The van der Waals surface area contributed by atoms with Crippen LogP contribution in [0.4, 0.5) is 13.2 Å². The molecule has 0 unspecified atom stereocenters. The summed E-state index contributed by atoms with van der Waals surface area (Å²) in [4.78, 5) is 12.2. The average molecular weight is 409 g/mol. The summed E-state index contributed by atoms with van der Waals surface area (Å²) in [6.07, 6.45) is -1.79. The number of alkyl halides is 3. The Balaban J connectivity index is 1.73. The van der Waals surface area contributed by atoms with Gasteiger partial charge in [-0.25, -0.2) is 0 Å². The highest BCUT2D eigenvalue weighted by Gasteiger charge is 2.32. The Labute approximate surface area is 156 Å². The van der Waals surface area contributed by atoms with Crippen molar-refractivity contribution in [2.24, 2.45) is 0 Å². The number of fused-ring (bicyclic) bond motifs is 1. The third-order valence-electron chi connectivity index (χ3n) is 3.94. The summed E-state index contributed by atoms with van der Waals surface area (Å²) in [6, 6.07) is 0.803. The summed E-state index contributed by atoms with van der Waals surface area (Å²) in [5.74, 6) is -0.250. The second kappa shape index (κ2) is 7.61. The molecular formula is C15H16ClF3N4O2S. The highest BCUT2D eigenvalue weighted by Crippen LogP contribution is 2.33. The van der Waals surface area contributed by atoms with E-state index in [0.29, 0.717) is 13.2 Å². The maximum atomic E-state index is 13.0. The van der Waals surface area contributed by atoms with Gasteiger partial charge in [0.1, 0.15) is 0 Å². The summed E-state index contributed by atoms with van der Waals surface area (Å²) in [7, 11) is 0. The van der Waals surface area contributed by atoms with Crippen LogP contribution in [0.3, 0.4) is 0 Å². The predicted octanol–water partition coefficient (Wildman–Crippen LogP) is 3.18. The van der Waals surface area contributed by atoms with E-state index in [1.807, 2.05) is 0 Å². The second-order valence-corrected chi connectivity index (χ2v) is 7.61. The van der Waals surface area contributed by atoms with E-state index in [9.17, 15) is 18.0 Å². The highest BCUT2D eigenvalue weighted by atomic mass is 35.5. The van der Waals surface area contributed by atoms with Gasteiger partial charge in [0, 0.05) is 19.3 Å². The van der Waals surface area contributed by atoms with Gasteiger partial charge in [-0.2, -0.15) is 13.2 Å². The lowest BCUT2D eigenvalue weighted by atomic mass is 10.2. The van der Waals surface area contributed by atoms with E-state index in [2.05, 4.69) is 15.5 Å². The molecule has 1 N–H and O–H groups in total. The van der Waals surface area contributed by atoms with Crippen molar-refractivity contribution in [2.45, 2.75) is 42.5 Å². The smallest absolute Gasteiger partial charge is 0.376 e. The molecule has 1 amide bonds. The Hall–Kier alpha value is -1.52. The molecule has 142 valence electrons. The minimum Gasteiger partial charge on any atom is -0.376 e. The number of carbonyl (C=O) groups is 1. The lowest BCUT2D eigenvalue weighted by molar-refractivity contribution is -0.137. The zero-order valence-corrected chi connectivity index (χ0v) is 15.3. The number of pyridine rings is 1. The van der Waals surface area contributed by atoms with Gasteiger partial charge < -0.3 is 10.1 Å². The van der Waals surface area contributed by atoms with Gasteiger partial charge in [0.15, 0.2) is 10.8 Å². The number of carbonyl (C=O) groups excluding carboxylic acids is 1. The van der Waals surface area contributed by atoms with E-state index >= 15 is 0 Å². The van der Waals surface area contributed by atoms with Crippen LogP contribution < -0.4 is 5.32 Å². The van der Waals surface area contributed by atoms with Crippen molar-refractivity contribution in [2.75, 3.05) is 13.2 Å². The summed E-state index contributed by atoms with van der Waals surface area (Å²) < 4.78 is 45.5. The molecule has 0 spiro atoms. The third kappa shape index (κ3) is 4.24. The van der Waals surface area contributed by atoms with E-state index in [1.54, 1.807) is 6.92 Å². The maximum Gasteiger partial charge on any atom is 0.417 e. The van der Waals surface area contributed by atoms with E-state index in [4.69, 9.17) is 16.3 Å². The summed E-state index contributed by atoms with van der Waals surface area (Å²) >= 11 is 6.89. The van der Waals surface area contributed by atoms with Crippen LogP contribution in [0.2, 0.25) is 5.02 Å². The van der Waals surface area contributed by atoms with Crippen molar-refractivity contribution in [1.82, 2.24) is 19.9 Å². The van der Waals surface area contributed by atoms with Gasteiger partial charge in [0.25, 0.3) is 0 Å². The minimum atomic E-state index is -4.55. The summed E-state index contributed by atoms with van der Waals surface area (Å²) in [5, 5.41) is 9.88. The summed E-state index contributed by atoms with van der Waals surface area (Å²) in [5.41, 5.74) is -0.804. The van der Waals surface area contributed by atoms with Crippen molar-refractivity contribution < 1.29 is 22.7 Å². The molecule has 0 aliphatic carbocycles. The quantitative estimate of drug-likeness (QED) is 0.769. The van der Waals surface area contributed by atoms with Crippen LogP contribution in [0.5, 0.6) is 0 Å². The molecule has 1 saturated heterocycles. The maximum absolute atomic E-state index is 13.0. The fourth-order valence-corrected chi connectivity index (χ4v) is 3.64. The zero-order valence-electron chi connectivity index (χ0n) is 13.7. The fourth-order valence-electron chi connectivity index (χ4n) is 2.54. The average Bonchev–Trinajstić information content (AvgIpc) is 3.22. The first kappa shape index (κ1) is 19.2. The SMILES string of the molecule is C[C@@H](Sc1nnc2c(Cl)cc(C(F)(F)F)cn12)C(=O)NC[C@@H]1CCCO1. The van der Waals surface area contributed by atoms with Gasteiger partial charge in [-0.05, 0) is 25.8 Å². The fraction of sp³-hybridized carbons (Fsp3) is 0.533. The number of nitrogens with one attached hydrogen (secondary N) is 1. The molecule has 2 aromatic heterocycles. The Morgan fingerprint density at radius 2 is 2.31 bits per heavy atom. The van der Waals surface area contributed by atoms with Crippen molar-refractivity contribution >= 4 is 34.9 Å². The molecule has 1 fully saturated rings. The lowest BCUT2D eigenvalue weighted by Crippen LogP contribution is -2.36. The molecule has 2 aromatic rings. The Morgan fingerprint density at radius 1 is 1.54 bits per heavy atom. The van der Waals surface area contributed by atoms with Crippen LogP contribution in [0, 0.1) is 0 Å². The van der Waals surface area contributed by atoms with E-state index in [1.165, 1.54) is 0 Å². The second-order valence-electron chi connectivity index (χ2n) is 5.89. The Bertz CT molecular complexity index is 808. The zero-order chi connectivity index (χ0) is 18.9. The number of ether oxygens (including phenoxy) is 1. The summed E-state index contributed by atoms with van der Waals surface area (Å²) in [6.45, 7) is 2.75. The number of nitrogens with zero attached hydrogens (tertiary/aromatic N) is 3. The number of amides is 1. The standard InChI is InChI=1S/C15H16ClF3N4O2S/c1-8(13(24)20-6-10-3-2-4-25-10)26-14-22-21-12-11(16)5-9(7-23(12)14)15(17,18)19/h5,7-8,10H,2-4,6H2,1H3,(H,20,24)/t8-,10+/m1/s1. The monoisotopic (exact) mass is 408 g/mol. The van der Waals surface area contributed by atoms with Crippen LogP contribution in [-0.2, 0) is 15.7 Å². The van der Waals surface area contributed by atoms with Gasteiger partial charge in [-0.15, -0.1) is 10.2 Å². The Kier molecular flexibility index (Phi) is 5.64. The molecule has 11 heteroatoms. The molecule has 0 radical (unpaired) electrons. The van der Waals surface area contributed by atoms with Gasteiger partial charge in [0.2, 0.25) is 5.91 Å². The first-order valence-electron chi connectivity index (χ1n) is 7.93. The van der Waals surface area contributed by atoms with Crippen LogP contribution in [0.1, 0.15) is 25.3 Å². The number of rotatable bonds is 5. The van der Waals surface area contributed by atoms with Crippen molar-refractivity contribution in [1.29, 1.82) is 0 Å². The van der Waals surface area contributed by atoms with Gasteiger partial charge in [0.05, 0.1) is 21.9 Å². The van der Waals surface area contributed by atoms with Crippen molar-refractivity contribution in [3.63, 3.8) is 0 Å². The van der Waals surface area contributed by atoms with Crippen LogP contribution in [-0.4, -0.2) is 45.0 Å². The normalized spacial score (nSPS) is 19.0. The number of hydrogen-bond donors (Lipinski definition) is 1. The first-order chi connectivity index (χ1) is 12.3. The largest absolute Gasteiger partial charge is 0.417 e. The molecule has 0 saturated carbocycles. The molecule has 3 rings (SSSR count). The first-order valence-corrected chi connectivity index (χ1v) is 9.19. The van der Waals surface area contributed by atoms with Crippen molar-refractivity contribution in [3.05, 3.63) is 22.8 Å². The van der Waals surface area contributed by atoms with Gasteiger partial charge in [-0.1, -0.05) is 23.4 Å². The molecule has 1 aliphatic rings. The predicted molar refractivity (Wildman–Crippen MR) is 90.3 cm³/mol. The van der Waals surface area contributed by atoms with E-state index in [0.717, 1.165) is 41.3 Å². The lowest BCUT2D eigenvalue weighted by Gasteiger charge is -2.14. The number of aromatic nitrogens is 3. The topological polar surface area (TPSA) is 68.5 Å². The van der Waals surface area contributed by atoms with E-state index in [-0.39, 0.29) is 27.8 Å². The number of halogens is 4. The number of thioether (sulfide) groups is 1. The molecule has 0 bridgehead atoms. The highest BCUT2D eigenvalue weighted by molar-refractivity contribution is 8.00. The molecule has 6 nitrogen and oxygen atoms in total. The molecule has 3 heterocycles. The van der Waals surface area contributed by atoms with Crippen LogP contribution in [0.25, 0.3) is 5.65 Å². The van der Waals surface area contributed by atoms with Crippen molar-refractivity contribution in [3.8, 4) is 0 Å². The Morgan fingerprint density at radius 3 is 2.96 bits per heavy atom. The van der Waals surface area contributed by atoms with Crippen LogP contribution in [0.15, 0.2) is 17.4 Å². The number of hydrogen-bond acceptors (Lipinski definition) is 5. The molecular weight excluding hydrogens is 393 g/mol. The third-order valence-corrected chi connectivity index (χ3v) is 5.27. The molecule has 2 atom stereocenters.